The maximum Gasteiger partial charge on any atom is 0.240 e. The Morgan fingerprint density at radius 2 is 2.05 bits per heavy atom. The lowest BCUT2D eigenvalue weighted by Crippen LogP contribution is -2.27. The molecule has 20 heavy (non-hydrogen) atoms. The van der Waals surface area contributed by atoms with E-state index < -0.39 is 10.0 Å². The Morgan fingerprint density at radius 3 is 2.60 bits per heavy atom. The highest BCUT2D eigenvalue weighted by molar-refractivity contribution is 7.89. The summed E-state index contributed by atoms with van der Waals surface area (Å²) < 4.78 is 32.0. The number of nitrogens with one attached hydrogen (secondary N) is 1. The zero-order valence-electron chi connectivity index (χ0n) is 12.0. The number of sulfonamides is 1. The van der Waals surface area contributed by atoms with Crippen LogP contribution < -0.4 is 9.46 Å². The standard InChI is InChI=1S/C13H21ClN2O3S/c1-4-19-13-7-6-11(10-12(13)14)20(17,18)15-8-5-9-16(2)3/h6-7,10,15H,4-5,8-9H2,1-3H3. The molecule has 7 heteroatoms. The van der Waals surface area contributed by atoms with Crippen LogP contribution >= 0.6 is 11.6 Å². The number of ether oxygens (including phenoxy) is 1. The van der Waals surface area contributed by atoms with Gasteiger partial charge in [-0.25, -0.2) is 13.1 Å². The molecule has 1 aromatic rings. The SMILES string of the molecule is CCOc1ccc(S(=O)(=O)NCCCN(C)C)cc1Cl. The maximum atomic E-state index is 12.1. The summed E-state index contributed by atoms with van der Waals surface area (Å²) in [4.78, 5) is 2.15. The molecule has 1 rings (SSSR count). The van der Waals surface area contributed by atoms with Gasteiger partial charge in [-0.2, -0.15) is 0 Å². The van der Waals surface area contributed by atoms with Crippen LogP contribution in [-0.2, 0) is 10.0 Å². The number of benzene rings is 1. The predicted molar refractivity (Wildman–Crippen MR) is 81.0 cm³/mol. The molecule has 0 aliphatic rings. The van der Waals surface area contributed by atoms with Crippen molar-refractivity contribution in [1.29, 1.82) is 0 Å². The van der Waals surface area contributed by atoms with Gasteiger partial charge in [0.1, 0.15) is 5.75 Å². The van der Waals surface area contributed by atoms with Crippen LogP contribution in [0.25, 0.3) is 0 Å². The molecule has 1 aromatic carbocycles. The van der Waals surface area contributed by atoms with Crippen molar-refractivity contribution in [3.05, 3.63) is 23.2 Å². The van der Waals surface area contributed by atoms with Gasteiger partial charge in [-0.3, -0.25) is 0 Å². The summed E-state index contributed by atoms with van der Waals surface area (Å²) in [6.45, 7) is 3.54. The quantitative estimate of drug-likeness (QED) is 0.744. The lowest BCUT2D eigenvalue weighted by atomic mass is 10.3. The third-order valence-corrected chi connectivity index (χ3v) is 4.34. The molecule has 0 heterocycles. The second-order valence-corrected chi connectivity index (χ2v) is 6.75. The fraction of sp³-hybridized carbons (Fsp3) is 0.538. The van der Waals surface area contributed by atoms with E-state index in [1.54, 1.807) is 6.07 Å². The molecule has 0 aliphatic carbocycles. The molecule has 114 valence electrons. The molecule has 0 unspecified atom stereocenters. The smallest absolute Gasteiger partial charge is 0.240 e. The lowest BCUT2D eigenvalue weighted by molar-refractivity contribution is 0.340. The molecule has 1 N–H and O–H groups in total. The van der Waals surface area contributed by atoms with Gasteiger partial charge in [-0.05, 0) is 52.2 Å². The fourth-order valence-corrected chi connectivity index (χ4v) is 3.01. The predicted octanol–water partition coefficient (Wildman–Crippen LogP) is 1.97. The minimum absolute atomic E-state index is 0.149. The largest absolute Gasteiger partial charge is 0.492 e. The van der Waals surface area contributed by atoms with E-state index in [4.69, 9.17) is 16.3 Å². The average Bonchev–Trinajstić information content (AvgIpc) is 2.37. The Labute approximate surface area is 125 Å². The average molecular weight is 321 g/mol. The molecule has 0 saturated carbocycles. The first kappa shape index (κ1) is 17.2. The molecule has 0 bridgehead atoms. The van der Waals surface area contributed by atoms with Gasteiger partial charge < -0.3 is 9.64 Å². The van der Waals surface area contributed by atoms with E-state index in [1.807, 2.05) is 25.9 Å². The topological polar surface area (TPSA) is 58.6 Å². The van der Waals surface area contributed by atoms with E-state index in [0.717, 1.165) is 13.0 Å². The highest BCUT2D eigenvalue weighted by atomic mass is 35.5. The molecular formula is C13H21ClN2O3S. The first-order valence-electron chi connectivity index (χ1n) is 6.43. The van der Waals surface area contributed by atoms with Crippen molar-refractivity contribution in [2.75, 3.05) is 33.8 Å². The van der Waals surface area contributed by atoms with E-state index in [2.05, 4.69) is 4.72 Å². The Kier molecular flexibility index (Phi) is 6.75. The van der Waals surface area contributed by atoms with E-state index in [-0.39, 0.29) is 4.90 Å². The summed E-state index contributed by atoms with van der Waals surface area (Å²) in [5, 5.41) is 0.294. The Hall–Kier alpha value is -0.820. The fourth-order valence-electron chi connectivity index (χ4n) is 1.61. The number of hydrogen-bond donors (Lipinski definition) is 1. The molecule has 5 nitrogen and oxygen atoms in total. The zero-order chi connectivity index (χ0) is 15.2. The molecule has 0 aliphatic heterocycles. The van der Waals surface area contributed by atoms with E-state index in [0.29, 0.717) is 23.9 Å². The Bertz CT molecular complexity index is 532. The molecule has 0 radical (unpaired) electrons. The highest BCUT2D eigenvalue weighted by Crippen LogP contribution is 2.27. The van der Waals surface area contributed by atoms with Gasteiger partial charge in [-0.1, -0.05) is 11.6 Å². The second-order valence-electron chi connectivity index (χ2n) is 4.58. The van der Waals surface area contributed by atoms with Crippen LogP contribution in [0.2, 0.25) is 5.02 Å². The summed E-state index contributed by atoms with van der Waals surface area (Å²) in [6.07, 6.45) is 0.747. The van der Waals surface area contributed by atoms with Gasteiger partial charge in [-0.15, -0.1) is 0 Å². The van der Waals surface area contributed by atoms with Crippen molar-refractivity contribution in [3.63, 3.8) is 0 Å². The lowest BCUT2D eigenvalue weighted by Gasteiger charge is -2.11. The minimum atomic E-state index is -3.52. The molecule has 0 aromatic heterocycles. The van der Waals surface area contributed by atoms with Crippen molar-refractivity contribution >= 4 is 21.6 Å². The normalized spacial score (nSPS) is 11.8. The van der Waals surface area contributed by atoms with Gasteiger partial charge >= 0.3 is 0 Å². The molecule has 0 saturated heterocycles. The Balaban J connectivity index is 2.70. The minimum Gasteiger partial charge on any atom is -0.492 e. The van der Waals surface area contributed by atoms with Gasteiger partial charge in [0, 0.05) is 6.54 Å². The second kappa shape index (κ2) is 7.83. The van der Waals surface area contributed by atoms with E-state index >= 15 is 0 Å². The first-order chi connectivity index (χ1) is 9.36. The number of rotatable bonds is 8. The molecule has 0 spiro atoms. The van der Waals surface area contributed by atoms with Crippen LogP contribution in [0, 0.1) is 0 Å². The van der Waals surface area contributed by atoms with Gasteiger partial charge in [0.05, 0.1) is 16.5 Å². The van der Waals surface area contributed by atoms with Gasteiger partial charge in [0.25, 0.3) is 0 Å². The van der Waals surface area contributed by atoms with Crippen molar-refractivity contribution in [3.8, 4) is 5.75 Å². The maximum absolute atomic E-state index is 12.1. The summed E-state index contributed by atoms with van der Waals surface area (Å²) in [6, 6.07) is 4.46. The number of nitrogens with zero attached hydrogens (tertiary/aromatic N) is 1. The van der Waals surface area contributed by atoms with Crippen LogP contribution in [0.1, 0.15) is 13.3 Å². The summed E-state index contributed by atoms with van der Waals surface area (Å²) in [7, 11) is 0.369. The summed E-state index contributed by atoms with van der Waals surface area (Å²) in [5.74, 6) is 0.487. The zero-order valence-corrected chi connectivity index (χ0v) is 13.6. The first-order valence-corrected chi connectivity index (χ1v) is 8.29. The number of hydrogen-bond acceptors (Lipinski definition) is 4. The molecule has 0 amide bonds. The van der Waals surface area contributed by atoms with Crippen molar-refractivity contribution in [2.24, 2.45) is 0 Å². The van der Waals surface area contributed by atoms with Crippen LogP contribution in [0.15, 0.2) is 23.1 Å². The van der Waals surface area contributed by atoms with Crippen LogP contribution in [-0.4, -0.2) is 47.1 Å². The highest BCUT2D eigenvalue weighted by Gasteiger charge is 2.15. The van der Waals surface area contributed by atoms with Crippen LogP contribution in [0.5, 0.6) is 5.75 Å². The van der Waals surface area contributed by atoms with Crippen molar-refractivity contribution in [2.45, 2.75) is 18.2 Å². The summed E-state index contributed by atoms with van der Waals surface area (Å²) >= 11 is 5.99. The van der Waals surface area contributed by atoms with Crippen molar-refractivity contribution in [1.82, 2.24) is 9.62 Å². The summed E-state index contributed by atoms with van der Waals surface area (Å²) in [5.41, 5.74) is 0. The van der Waals surface area contributed by atoms with E-state index in [9.17, 15) is 8.42 Å². The van der Waals surface area contributed by atoms with Crippen LogP contribution in [0.3, 0.4) is 0 Å². The molecule has 0 atom stereocenters. The molecular weight excluding hydrogens is 300 g/mol. The molecule has 0 fully saturated rings. The Morgan fingerprint density at radius 1 is 1.35 bits per heavy atom. The van der Waals surface area contributed by atoms with Gasteiger partial charge in [0.2, 0.25) is 10.0 Å². The third kappa shape index (κ3) is 5.28. The van der Waals surface area contributed by atoms with E-state index in [1.165, 1.54) is 12.1 Å². The van der Waals surface area contributed by atoms with Gasteiger partial charge in [0.15, 0.2) is 0 Å². The van der Waals surface area contributed by atoms with Crippen LogP contribution in [0.4, 0.5) is 0 Å². The van der Waals surface area contributed by atoms with Crippen molar-refractivity contribution < 1.29 is 13.2 Å². The third-order valence-electron chi connectivity index (χ3n) is 2.59. The number of halogens is 1. The monoisotopic (exact) mass is 320 g/mol.